The second kappa shape index (κ2) is 5.57. The third kappa shape index (κ3) is 2.93. The summed E-state index contributed by atoms with van der Waals surface area (Å²) >= 11 is 1.70. The standard InChI is InChI=1S/C14H17NO2S/c1-10-3-4-12(11(2)9-10)18-8-7-15-13(16)5-6-14(15)17/h3-4,9H,5-8H2,1-2H3. The number of aryl methyl sites for hydroxylation is 2. The monoisotopic (exact) mass is 263 g/mol. The Morgan fingerprint density at radius 3 is 2.44 bits per heavy atom. The van der Waals surface area contributed by atoms with Crippen molar-refractivity contribution in [3.05, 3.63) is 29.3 Å². The lowest BCUT2D eigenvalue weighted by molar-refractivity contribution is -0.137. The van der Waals surface area contributed by atoms with Crippen molar-refractivity contribution < 1.29 is 9.59 Å². The highest BCUT2D eigenvalue weighted by atomic mass is 32.2. The van der Waals surface area contributed by atoms with Gasteiger partial charge in [0.05, 0.1) is 0 Å². The summed E-state index contributed by atoms with van der Waals surface area (Å²) in [5.41, 5.74) is 2.50. The van der Waals surface area contributed by atoms with E-state index in [2.05, 4.69) is 32.0 Å². The van der Waals surface area contributed by atoms with E-state index in [1.807, 2.05) is 0 Å². The molecule has 2 amide bonds. The van der Waals surface area contributed by atoms with Crippen molar-refractivity contribution in [2.75, 3.05) is 12.3 Å². The molecule has 1 aliphatic heterocycles. The van der Waals surface area contributed by atoms with Crippen LogP contribution in [0.5, 0.6) is 0 Å². The van der Waals surface area contributed by atoms with Crippen molar-refractivity contribution in [1.29, 1.82) is 0 Å². The Labute approximate surface area is 112 Å². The lowest BCUT2D eigenvalue weighted by Gasteiger charge is -2.13. The fourth-order valence-electron chi connectivity index (χ4n) is 2.08. The molecular formula is C14H17NO2S. The molecule has 0 spiro atoms. The summed E-state index contributed by atoms with van der Waals surface area (Å²) in [6, 6.07) is 6.33. The van der Waals surface area contributed by atoms with Crippen LogP contribution in [0.15, 0.2) is 23.1 Å². The fourth-order valence-corrected chi connectivity index (χ4v) is 3.03. The van der Waals surface area contributed by atoms with Gasteiger partial charge in [-0.2, -0.15) is 0 Å². The predicted octanol–water partition coefficient (Wildman–Crippen LogP) is 2.54. The molecule has 18 heavy (non-hydrogen) atoms. The van der Waals surface area contributed by atoms with E-state index in [9.17, 15) is 9.59 Å². The second-order valence-electron chi connectivity index (χ2n) is 4.56. The highest BCUT2D eigenvalue weighted by Crippen LogP contribution is 2.23. The molecule has 0 atom stereocenters. The van der Waals surface area contributed by atoms with Crippen molar-refractivity contribution in [3.63, 3.8) is 0 Å². The largest absolute Gasteiger partial charge is 0.282 e. The summed E-state index contributed by atoms with van der Waals surface area (Å²) in [6.07, 6.45) is 0.764. The molecule has 0 radical (unpaired) electrons. The van der Waals surface area contributed by atoms with Crippen molar-refractivity contribution in [2.45, 2.75) is 31.6 Å². The number of likely N-dealkylation sites (tertiary alicyclic amines) is 1. The summed E-state index contributed by atoms with van der Waals surface area (Å²) in [5, 5.41) is 0. The quantitative estimate of drug-likeness (QED) is 0.619. The number of hydrogen-bond acceptors (Lipinski definition) is 3. The Kier molecular flexibility index (Phi) is 4.07. The zero-order valence-corrected chi connectivity index (χ0v) is 11.5. The van der Waals surface area contributed by atoms with Gasteiger partial charge in [0.15, 0.2) is 0 Å². The van der Waals surface area contributed by atoms with Gasteiger partial charge >= 0.3 is 0 Å². The van der Waals surface area contributed by atoms with E-state index in [-0.39, 0.29) is 11.8 Å². The zero-order valence-electron chi connectivity index (χ0n) is 10.7. The minimum atomic E-state index is -0.0266. The molecule has 1 saturated heterocycles. The van der Waals surface area contributed by atoms with Gasteiger partial charge in [0, 0.05) is 30.0 Å². The molecule has 3 nitrogen and oxygen atoms in total. The Hall–Kier alpha value is -1.29. The highest BCUT2D eigenvalue weighted by Gasteiger charge is 2.28. The van der Waals surface area contributed by atoms with Crippen LogP contribution in [-0.4, -0.2) is 29.0 Å². The molecule has 96 valence electrons. The van der Waals surface area contributed by atoms with Gasteiger partial charge in [0.25, 0.3) is 0 Å². The molecule has 1 aromatic carbocycles. The van der Waals surface area contributed by atoms with Gasteiger partial charge in [-0.15, -0.1) is 11.8 Å². The zero-order chi connectivity index (χ0) is 13.1. The molecule has 0 aliphatic carbocycles. The molecule has 0 bridgehead atoms. The SMILES string of the molecule is Cc1ccc(SCCN2C(=O)CCC2=O)c(C)c1. The number of nitrogens with zero attached hydrogens (tertiary/aromatic N) is 1. The van der Waals surface area contributed by atoms with Gasteiger partial charge in [-0.25, -0.2) is 0 Å². The maximum absolute atomic E-state index is 11.4. The van der Waals surface area contributed by atoms with Gasteiger partial charge in [0.1, 0.15) is 0 Å². The van der Waals surface area contributed by atoms with E-state index in [0.29, 0.717) is 19.4 Å². The molecule has 2 rings (SSSR count). The van der Waals surface area contributed by atoms with E-state index in [0.717, 1.165) is 5.75 Å². The lowest BCUT2D eigenvalue weighted by atomic mass is 10.2. The third-order valence-electron chi connectivity index (χ3n) is 3.06. The highest BCUT2D eigenvalue weighted by molar-refractivity contribution is 7.99. The smallest absolute Gasteiger partial charge is 0.229 e. The summed E-state index contributed by atoms with van der Waals surface area (Å²) in [4.78, 5) is 25.5. The van der Waals surface area contributed by atoms with Crippen molar-refractivity contribution in [2.24, 2.45) is 0 Å². The Bertz CT molecular complexity index is 469. The lowest BCUT2D eigenvalue weighted by Crippen LogP contribution is -2.31. The van der Waals surface area contributed by atoms with E-state index in [1.165, 1.54) is 20.9 Å². The minimum Gasteiger partial charge on any atom is -0.282 e. The van der Waals surface area contributed by atoms with Gasteiger partial charge in [-0.3, -0.25) is 14.5 Å². The summed E-state index contributed by atoms with van der Waals surface area (Å²) in [5.74, 6) is 0.712. The molecule has 0 saturated carbocycles. The second-order valence-corrected chi connectivity index (χ2v) is 5.69. The molecule has 1 aliphatic rings. The van der Waals surface area contributed by atoms with Crippen molar-refractivity contribution >= 4 is 23.6 Å². The maximum Gasteiger partial charge on any atom is 0.229 e. The third-order valence-corrected chi connectivity index (χ3v) is 4.21. The van der Waals surface area contributed by atoms with E-state index < -0.39 is 0 Å². The molecule has 0 unspecified atom stereocenters. The minimum absolute atomic E-state index is 0.0266. The summed E-state index contributed by atoms with van der Waals surface area (Å²) in [6.45, 7) is 4.68. The van der Waals surface area contributed by atoms with Crippen LogP contribution >= 0.6 is 11.8 Å². The maximum atomic E-state index is 11.4. The normalized spacial score (nSPS) is 15.6. The topological polar surface area (TPSA) is 37.4 Å². The predicted molar refractivity (Wildman–Crippen MR) is 72.6 cm³/mol. The Morgan fingerprint density at radius 1 is 1.17 bits per heavy atom. The average molecular weight is 263 g/mol. The molecule has 0 aromatic heterocycles. The van der Waals surface area contributed by atoms with Crippen LogP contribution in [0, 0.1) is 13.8 Å². The fraction of sp³-hybridized carbons (Fsp3) is 0.429. The number of imide groups is 1. The number of hydrogen-bond donors (Lipinski definition) is 0. The van der Waals surface area contributed by atoms with E-state index in [4.69, 9.17) is 0 Å². The Morgan fingerprint density at radius 2 is 1.83 bits per heavy atom. The number of rotatable bonds is 4. The van der Waals surface area contributed by atoms with Crippen LogP contribution < -0.4 is 0 Å². The first-order valence-corrected chi connectivity index (χ1v) is 7.10. The van der Waals surface area contributed by atoms with Gasteiger partial charge < -0.3 is 0 Å². The number of carbonyl (C=O) groups is 2. The number of carbonyl (C=O) groups excluding carboxylic acids is 2. The molecule has 0 N–H and O–H groups in total. The van der Waals surface area contributed by atoms with E-state index in [1.54, 1.807) is 11.8 Å². The molecule has 1 fully saturated rings. The number of benzene rings is 1. The first-order chi connectivity index (χ1) is 8.58. The number of thioether (sulfide) groups is 1. The van der Waals surface area contributed by atoms with Crippen LogP contribution in [0.25, 0.3) is 0 Å². The average Bonchev–Trinajstić information content (AvgIpc) is 2.63. The van der Waals surface area contributed by atoms with Gasteiger partial charge in [-0.1, -0.05) is 17.7 Å². The molecule has 4 heteroatoms. The molecular weight excluding hydrogens is 246 g/mol. The van der Waals surface area contributed by atoms with Gasteiger partial charge in [0.2, 0.25) is 11.8 Å². The molecule has 1 heterocycles. The summed E-state index contributed by atoms with van der Waals surface area (Å²) in [7, 11) is 0. The van der Waals surface area contributed by atoms with Crippen LogP contribution in [0.4, 0.5) is 0 Å². The number of amides is 2. The van der Waals surface area contributed by atoms with E-state index >= 15 is 0 Å². The van der Waals surface area contributed by atoms with Crippen LogP contribution in [0.1, 0.15) is 24.0 Å². The Balaban J connectivity index is 1.88. The van der Waals surface area contributed by atoms with Gasteiger partial charge in [-0.05, 0) is 25.5 Å². The molecule has 1 aromatic rings. The first kappa shape index (κ1) is 13.1. The van der Waals surface area contributed by atoms with Crippen LogP contribution in [0.2, 0.25) is 0 Å². The summed E-state index contributed by atoms with van der Waals surface area (Å²) < 4.78 is 0. The van der Waals surface area contributed by atoms with Crippen molar-refractivity contribution in [3.8, 4) is 0 Å². The van der Waals surface area contributed by atoms with Crippen LogP contribution in [0.3, 0.4) is 0 Å². The van der Waals surface area contributed by atoms with Crippen LogP contribution in [-0.2, 0) is 9.59 Å². The first-order valence-electron chi connectivity index (χ1n) is 6.11. The van der Waals surface area contributed by atoms with Crippen molar-refractivity contribution in [1.82, 2.24) is 4.90 Å².